The lowest BCUT2D eigenvalue weighted by Crippen LogP contribution is -2.40. The molecule has 6 heteroatoms. The van der Waals surface area contributed by atoms with Gasteiger partial charge >= 0.3 is 0 Å². The van der Waals surface area contributed by atoms with E-state index >= 15 is 0 Å². The van der Waals surface area contributed by atoms with Crippen molar-refractivity contribution in [2.45, 2.75) is 25.5 Å². The number of hydrogen-bond acceptors (Lipinski definition) is 4. The number of carbonyl (C=O) groups excluding carboxylic acids is 1. The topological polar surface area (TPSA) is 64.8 Å². The van der Waals surface area contributed by atoms with E-state index in [1.165, 1.54) is 0 Å². The highest BCUT2D eigenvalue weighted by atomic mass is 35.5. The summed E-state index contributed by atoms with van der Waals surface area (Å²) in [5.41, 5.74) is 5.80. The highest BCUT2D eigenvalue weighted by Gasteiger charge is 2.28. The zero-order valence-electron chi connectivity index (χ0n) is 11.7. The van der Waals surface area contributed by atoms with Crippen molar-refractivity contribution in [2.75, 3.05) is 20.2 Å². The molecule has 0 radical (unpaired) electrons. The van der Waals surface area contributed by atoms with Gasteiger partial charge in [-0.25, -0.2) is 0 Å². The predicted molar refractivity (Wildman–Crippen MR) is 79.5 cm³/mol. The van der Waals surface area contributed by atoms with E-state index in [4.69, 9.17) is 15.2 Å². The number of ether oxygens (including phenoxy) is 2. The van der Waals surface area contributed by atoms with Crippen LogP contribution in [0.15, 0.2) is 24.3 Å². The summed E-state index contributed by atoms with van der Waals surface area (Å²) in [6, 6.07) is 7.28. The number of hydrogen-bond donors (Lipinski definition) is 1. The van der Waals surface area contributed by atoms with Crippen LogP contribution < -0.4 is 15.2 Å². The summed E-state index contributed by atoms with van der Waals surface area (Å²) < 4.78 is 10.7. The number of methoxy groups -OCH3 is 1. The number of nitrogens with zero attached hydrogens (tertiary/aromatic N) is 1. The van der Waals surface area contributed by atoms with Crippen molar-refractivity contribution < 1.29 is 14.3 Å². The van der Waals surface area contributed by atoms with Crippen LogP contribution in [0.25, 0.3) is 0 Å². The third kappa shape index (κ3) is 4.02. The van der Waals surface area contributed by atoms with Gasteiger partial charge in [0.25, 0.3) is 5.91 Å². The third-order valence-corrected chi connectivity index (χ3v) is 3.26. The van der Waals surface area contributed by atoms with Crippen LogP contribution in [0.5, 0.6) is 11.5 Å². The van der Waals surface area contributed by atoms with Gasteiger partial charge in [-0.15, -0.1) is 12.4 Å². The smallest absolute Gasteiger partial charge is 0.263 e. The number of benzene rings is 1. The summed E-state index contributed by atoms with van der Waals surface area (Å²) >= 11 is 0. The molecule has 1 aromatic carbocycles. The van der Waals surface area contributed by atoms with Gasteiger partial charge in [0, 0.05) is 19.1 Å². The number of nitrogens with two attached hydrogens (primary N) is 1. The Morgan fingerprint density at radius 3 is 2.45 bits per heavy atom. The number of amides is 1. The van der Waals surface area contributed by atoms with E-state index in [1.54, 1.807) is 43.2 Å². The van der Waals surface area contributed by atoms with Crippen LogP contribution in [0.2, 0.25) is 0 Å². The van der Waals surface area contributed by atoms with Gasteiger partial charge in [0.2, 0.25) is 0 Å². The average Bonchev–Trinajstić information content (AvgIpc) is 2.85. The maximum absolute atomic E-state index is 12.1. The van der Waals surface area contributed by atoms with Crippen molar-refractivity contribution in [1.82, 2.24) is 4.90 Å². The molecule has 1 aliphatic heterocycles. The Morgan fingerprint density at radius 1 is 1.35 bits per heavy atom. The van der Waals surface area contributed by atoms with Gasteiger partial charge in [-0.1, -0.05) is 0 Å². The molecule has 2 atom stereocenters. The van der Waals surface area contributed by atoms with Crippen LogP contribution in [-0.2, 0) is 4.79 Å². The Labute approximate surface area is 125 Å². The molecule has 2 N–H and O–H groups in total. The van der Waals surface area contributed by atoms with Crippen LogP contribution in [0.1, 0.15) is 13.3 Å². The van der Waals surface area contributed by atoms with Crippen molar-refractivity contribution in [3.05, 3.63) is 24.3 Å². The number of rotatable bonds is 4. The van der Waals surface area contributed by atoms with Crippen LogP contribution in [0.3, 0.4) is 0 Å². The first-order valence-electron chi connectivity index (χ1n) is 6.45. The molecule has 0 spiro atoms. The highest BCUT2D eigenvalue weighted by Crippen LogP contribution is 2.19. The molecule has 112 valence electrons. The molecule has 0 saturated carbocycles. The molecule has 1 fully saturated rings. The van der Waals surface area contributed by atoms with Gasteiger partial charge in [0.15, 0.2) is 6.10 Å². The molecule has 1 amide bonds. The summed E-state index contributed by atoms with van der Waals surface area (Å²) in [5, 5.41) is 0. The van der Waals surface area contributed by atoms with E-state index in [0.717, 1.165) is 18.7 Å². The minimum absolute atomic E-state index is 0. The fourth-order valence-electron chi connectivity index (χ4n) is 2.15. The van der Waals surface area contributed by atoms with Crippen molar-refractivity contribution >= 4 is 18.3 Å². The molecule has 2 rings (SSSR count). The summed E-state index contributed by atoms with van der Waals surface area (Å²) in [4.78, 5) is 13.9. The van der Waals surface area contributed by atoms with E-state index in [0.29, 0.717) is 12.3 Å². The van der Waals surface area contributed by atoms with Gasteiger partial charge in [-0.2, -0.15) is 0 Å². The van der Waals surface area contributed by atoms with Gasteiger partial charge in [-0.3, -0.25) is 4.79 Å². The average molecular weight is 301 g/mol. The first-order valence-corrected chi connectivity index (χ1v) is 6.45. The summed E-state index contributed by atoms with van der Waals surface area (Å²) in [5.74, 6) is 1.41. The fraction of sp³-hybridized carbons (Fsp3) is 0.500. The van der Waals surface area contributed by atoms with Crippen LogP contribution in [0, 0.1) is 0 Å². The van der Waals surface area contributed by atoms with Crippen molar-refractivity contribution in [1.29, 1.82) is 0 Å². The second kappa shape index (κ2) is 7.36. The van der Waals surface area contributed by atoms with Crippen LogP contribution >= 0.6 is 12.4 Å². The van der Waals surface area contributed by atoms with Gasteiger partial charge in [0.1, 0.15) is 11.5 Å². The Hall–Kier alpha value is -1.46. The van der Waals surface area contributed by atoms with Crippen molar-refractivity contribution in [3.8, 4) is 11.5 Å². The SMILES string of the molecule is COc1ccc(OC(C)C(=O)N2CC[C@@H](N)C2)cc1.Cl. The van der Waals surface area contributed by atoms with E-state index in [2.05, 4.69) is 0 Å². The lowest BCUT2D eigenvalue weighted by molar-refractivity contribution is -0.136. The van der Waals surface area contributed by atoms with Crippen LogP contribution in [-0.4, -0.2) is 43.2 Å². The number of carbonyl (C=O) groups is 1. The molecule has 0 bridgehead atoms. The summed E-state index contributed by atoms with van der Waals surface area (Å²) in [6.45, 7) is 3.10. The van der Waals surface area contributed by atoms with E-state index in [1.807, 2.05) is 0 Å². The fourth-order valence-corrected chi connectivity index (χ4v) is 2.15. The Kier molecular flexibility index (Phi) is 6.10. The lowest BCUT2D eigenvalue weighted by atomic mass is 10.3. The quantitative estimate of drug-likeness (QED) is 0.914. The van der Waals surface area contributed by atoms with Gasteiger partial charge in [0.05, 0.1) is 7.11 Å². The van der Waals surface area contributed by atoms with E-state index in [-0.39, 0.29) is 24.4 Å². The van der Waals surface area contributed by atoms with E-state index < -0.39 is 6.10 Å². The minimum atomic E-state index is -0.501. The molecule has 1 aromatic rings. The molecule has 5 nitrogen and oxygen atoms in total. The molecule has 1 heterocycles. The second-order valence-electron chi connectivity index (χ2n) is 4.77. The van der Waals surface area contributed by atoms with Crippen LogP contribution in [0.4, 0.5) is 0 Å². The number of halogens is 1. The molecule has 1 unspecified atom stereocenters. The minimum Gasteiger partial charge on any atom is -0.497 e. The molecule has 1 saturated heterocycles. The molecule has 0 aromatic heterocycles. The molecule has 1 aliphatic rings. The Balaban J connectivity index is 0.00000200. The summed E-state index contributed by atoms with van der Waals surface area (Å²) in [7, 11) is 1.61. The molecule has 0 aliphatic carbocycles. The molecule has 20 heavy (non-hydrogen) atoms. The number of likely N-dealkylation sites (tertiary alicyclic amines) is 1. The predicted octanol–water partition coefficient (Wildman–Crippen LogP) is 1.44. The van der Waals surface area contributed by atoms with Crippen molar-refractivity contribution in [2.24, 2.45) is 5.73 Å². The Bertz CT molecular complexity index is 439. The van der Waals surface area contributed by atoms with Gasteiger partial charge < -0.3 is 20.1 Å². The monoisotopic (exact) mass is 300 g/mol. The molecular weight excluding hydrogens is 280 g/mol. The zero-order valence-corrected chi connectivity index (χ0v) is 12.6. The normalized spacial score (nSPS) is 19.1. The second-order valence-corrected chi connectivity index (χ2v) is 4.77. The van der Waals surface area contributed by atoms with E-state index in [9.17, 15) is 4.79 Å². The zero-order chi connectivity index (χ0) is 13.8. The molecular formula is C14H21ClN2O3. The van der Waals surface area contributed by atoms with Crippen molar-refractivity contribution in [3.63, 3.8) is 0 Å². The first-order chi connectivity index (χ1) is 9.10. The highest BCUT2D eigenvalue weighted by molar-refractivity contribution is 5.85. The summed E-state index contributed by atoms with van der Waals surface area (Å²) in [6.07, 6.45) is 0.361. The maximum atomic E-state index is 12.1. The third-order valence-electron chi connectivity index (χ3n) is 3.26. The largest absolute Gasteiger partial charge is 0.497 e. The first kappa shape index (κ1) is 16.6. The van der Waals surface area contributed by atoms with Gasteiger partial charge in [-0.05, 0) is 37.6 Å². The lowest BCUT2D eigenvalue weighted by Gasteiger charge is -2.21. The Morgan fingerprint density at radius 2 is 1.95 bits per heavy atom. The standard InChI is InChI=1S/C14H20N2O3.ClH/c1-10(14(17)16-8-7-11(15)9-16)19-13-5-3-12(18-2)4-6-13;/h3-6,10-11H,7-9,15H2,1-2H3;1H/t10?,11-;/m1./s1. The maximum Gasteiger partial charge on any atom is 0.263 e.